The number of hydroxylamine groups is 2. The zero-order chi connectivity index (χ0) is 18.3. The molecule has 0 bridgehead atoms. The summed E-state index contributed by atoms with van der Waals surface area (Å²) in [6.45, 7) is 3.40. The fourth-order valence-electron chi connectivity index (χ4n) is 3.05. The second kappa shape index (κ2) is 9.21. The molecule has 0 unspecified atom stereocenters. The number of rotatable bonds is 10. The first-order valence-corrected chi connectivity index (χ1v) is 7.90. The van der Waals surface area contributed by atoms with Gasteiger partial charge in [0.25, 0.3) is 0 Å². The van der Waals surface area contributed by atoms with E-state index in [0.29, 0.717) is 12.8 Å². The lowest BCUT2D eigenvalue weighted by Gasteiger charge is -2.32. The minimum atomic E-state index is -1.19. The molecule has 3 N–H and O–H groups in total. The van der Waals surface area contributed by atoms with E-state index in [1.54, 1.807) is 0 Å². The summed E-state index contributed by atoms with van der Waals surface area (Å²) in [5.74, 6) is -5.52. The predicted molar refractivity (Wildman–Crippen MR) is 81.6 cm³/mol. The van der Waals surface area contributed by atoms with Crippen LogP contribution in [0.4, 0.5) is 0 Å². The van der Waals surface area contributed by atoms with Crippen LogP contribution in [0.15, 0.2) is 0 Å². The van der Waals surface area contributed by atoms with Crippen LogP contribution in [0, 0.1) is 17.8 Å². The molecule has 1 aliphatic carbocycles. The number of unbranched alkanes of at least 4 members (excludes halogenated alkanes) is 1. The Kier molecular flexibility index (Phi) is 7.63. The van der Waals surface area contributed by atoms with Gasteiger partial charge in [-0.15, -0.1) is 0 Å². The third kappa shape index (κ3) is 4.92. The van der Waals surface area contributed by atoms with Crippen LogP contribution in [0.2, 0.25) is 0 Å². The van der Waals surface area contributed by atoms with Gasteiger partial charge in [0, 0.05) is 19.4 Å². The topological polar surface area (TPSA) is 133 Å². The SMILES string of the molecule is CCCCON(C=O)[C@H]1[C@@H](CNC(C)=O)[C@H](C(=O)O)C[C@@H]1C(=O)O. The Labute approximate surface area is 139 Å². The highest BCUT2D eigenvalue weighted by Gasteiger charge is 2.52. The number of nitrogens with one attached hydrogen (secondary N) is 1. The van der Waals surface area contributed by atoms with Crippen molar-refractivity contribution in [2.75, 3.05) is 13.2 Å². The molecular formula is C15H24N2O7. The van der Waals surface area contributed by atoms with E-state index < -0.39 is 35.7 Å². The molecule has 1 saturated carbocycles. The van der Waals surface area contributed by atoms with Crippen molar-refractivity contribution in [1.29, 1.82) is 0 Å². The number of carbonyl (C=O) groups excluding carboxylic acids is 2. The minimum Gasteiger partial charge on any atom is -0.481 e. The summed E-state index contributed by atoms with van der Waals surface area (Å²) in [4.78, 5) is 50.9. The van der Waals surface area contributed by atoms with Crippen LogP contribution in [0.3, 0.4) is 0 Å². The van der Waals surface area contributed by atoms with Crippen molar-refractivity contribution in [1.82, 2.24) is 10.4 Å². The number of carboxylic acids is 2. The molecule has 0 spiro atoms. The Morgan fingerprint density at radius 1 is 1.25 bits per heavy atom. The summed E-state index contributed by atoms with van der Waals surface area (Å²) in [6.07, 6.45) is 1.75. The number of amides is 2. The summed E-state index contributed by atoms with van der Waals surface area (Å²) in [5.41, 5.74) is 0. The van der Waals surface area contributed by atoms with Crippen LogP contribution < -0.4 is 5.32 Å². The van der Waals surface area contributed by atoms with E-state index >= 15 is 0 Å². The molecule has 136 valence electrons. The van der Waals surface area contributed by atoms with Crippen LogP contribution in [0.5, 0.6) is 0 Å². The normalized spacial score (nSPS) is 25.9. The highest BCUT2D eigenvalue weighted by Crippen LogP contribution is 2.40. The lowest BCUT2D eigenvalue weighted by Crippen LogP contribution is -2.48. The van der Waals surface area contributed by atoms with E-state index in [1.165, 1.54) is 6.92 Å². The van der Waals surface area contributed by atoms with Crippen molar-refractivity contribution in [2.24, 2.45) is 17.8 Å². The molecular weight excluding hydrogens is 320 g/mol. The van der Waals surface area contributed by atoms with Crippen molar-refractivity contribution < 1.29 is 34.2 Å². The first kappa shape index (κ1) is 19.9. The minimum absolute atomic E-state index is 0.0395. The van der Waals surface area contributed by atoms with Gasteiger partial charge in [-0.2, -0.15) is 0 Å². The van der Waals surface area contributed by atoms with Crippen LogP contribution in [0.25, 0.3) is 0 Å². The largest absolute Gasteiger partial charge is 0.481 e. The van der Waals surface area contributed by atoms with E-state index in [9.17, 15) is 29.4 Å². The van der Waals surface area contributed by atoms with Gasteiger partial charge in [0.15, 0.2) is 0 Å². The molecule has 1 fully saturated rings. The molecule has 9 heteroatoms. The maximum absolute atomic E-state index is 11.5. The molecule has 0 heterocycles. The summed E-state index contributed by atoms with van der Waals surface area (Å²) >= 11 is 0. The highest BCUT2D eigenvalue weighted by atomic mass is 16.7. The quantitative estimate of drug-likeness (QED) is 0.291. The lowest BCUT2D eigenvalue weighted by molar-refractivity contribution is -0.199. The molecule has 1 aliphatic rings. The Morgan fingerprint density at radius 2 is 1.88 bits per heavy atom. The maximum Gasteiger partial charge on any atom is 0.308 e. The third-order valence-electron chi connectivity index (χ3n) is 4.23. The van der Waals surface area contributed by atoms with Gasteiger partial charge in [0.2, 0.25) is 12.3 Å². The molecule has 4 atom stereocenters. The monoisotopic (exact) mass is 344 g/mol. The van der Waals surface area contributed by atoms with E-state index in [2.05, 4.69) is 5.32 Å². The molecule has 0 aromatic carbocycles. The number of hydrogen-bond acceptors (Lipinski definition) is 5. The van der Waals surface area contributed by atoms with Gasteiger partial charge >= 0.3 is 11.9 Å². The van der Waals surface area contributed by atoms with Crippen LogP contribution in [-0.2, 0) is 24.0 Å². The number of nitrogens with zero attached hydrogens (tertiary/aromatic N) is 1. The average molecular weight is 344 g/mol. The van der Waals surface area contributed by atoms with Crippen molar-refractivity contribution in [3.05, 3.63) is 0 Å². The highest BCUT2D eigenvalue weighted by molar-refractivity contribution is 5.77. The van der Waals surface area contributed by atoms with Crippen LogP contribution in [0.1, 0.15) is 33.1 Å². The third-order valence-corrected chi connectivity index (χ3v) is 4.23. The van der Waals surface area contributed by atoms with Gasteiger partial charge in [-0.05, 0) is 12.8 Å². The predicted octanol–water partition coefficient (Wildman–Crippen LogP) is 0.103. The fourth-order valence-corrected chi connectivity index (χ4v) is 3.05. The Morgan fingerprint density at radius 3 is 2.33 bits per heavy atom. The Hall–Kier alpha value is -2.16. The smallest absolute Gasteiger partial charge is 0.308 e. The Bertz CT molecular complexity index is 482. The second-order valence-electron chi connectivity index (χ2n) is 5.87. The van der Waals surface area contributed by atoms with E-state index in [4.69, 9.17) is 4.84 Å². The van der Waals surface area contributed by atoms with Crippen LogP contribution >= 0.6 is 0 Å². The van der Waals surface area contributed by atoms with E-state index in [1.807, 2.05) is 6.92 Å². The molecule has 0 aliphatic heterocycles. The van der Waals surface area contributed by atoms with Crippen molar-refractivity contribution in [3.8, 4) is 0 Å². The number of hydrogen-bond donors (Lipinski definition) is 3. The Balaban J connectivity index is 3.06. The molecule has 24 heavy (non-hydrogen) atoms. The number of aliphatic carboxylic acids is 2. The summed E-state index contributed by atoms with van der Waals surface area (Å²) in [7, 11) is 0. The zero-order valence-corrected chi connectivity index (χ0v) is 13.8. The molecule has 0 aromatic rings. The van der Waals surface area contributed by atoms with E-state index in [-0.39, 0.29) is 25.5 Å². The maximum atomic E-state index is 11.5. The molecule has 0 saturated heterocycles. The van der Waals surface area contributed by atoms with Crippen LogP contribution in [-0.4, -0.2) is 58.7 Å². The first-order chi connectivity index (χ1) is 11.3. The fraction of sp³-hybridized carbons (Fsp3) is 0.733. The summed E-state index contributed by atoms with van der Waals surface area (Å²) in [5, 5.41) is 22.2. The van der Waals surface area contributed by atoms with Gasteiger partial charge in [-0.1, -0.05) is 13.3 Å². The second-order valence-corrected chi connectivity index (χ2v) is 5.87. The molecule has 0 aromatic heterocycles. The van der Waals surface area contributed by atoms with Crippen molar-refractivity contribution in [2.45, 2.75) is 39.2 Å². The van der Waals surface area contributed by atoms with Gasteiger partial charge in [0.1, 0.15) is 0 Å². The van der Waals surface area contributed by atoms with Gasteiger partial charge in [-0.3, -0.25) is 24.0 Å². The number of carboxylic acid groups (broad SMARTS) is 2. The lowest BCUT2D eigenvalue weighted by atomic mass is 9.92. The van der Waals surface area contributed by atoms with Gasteiger partial charge in [0.05, 0.1) is 24.5 Å². The van der Waals surface area contributed by atoms with Crippen molar-refractivity contribution in [3.63, 3.8) is 0 Å². The van der Waals surface area contributed by atoms with Crippen molar-refractivity contribution >= 4 is 24.3 Å². The van der Waals surface area contributed by atoms with E-state index in [0.717, 1.165) is 11.5 Å². The summed E-state index contributed by atoms with van der Waals surface area (Å²) in [6, 6.07) is -0.954. The molecule has 2 amide bonds. The first-order valence-electron chi connectivity index (χ1n) is 7.90. The molecule has 1 rings (SSSR count). The van der Waals surface area contributed by atoms with Gasteiger partial charge in [-0.25, -0.2) is 5.06 Å². The number of carbonyl (C=O) groups is 4. The summed E-state index contributed by atoms with van der Waals surface area (Å²) < 4.78 is 0. The average Bonchev–Trinajstić information content (AvgIpc) is 2.89. The van der Waals surface area contributed by atoms with Gasteiger partial charge < -0.3 is 15.5 Å². The molecule has 0 radical (unpaired) electrons. The zero-order valence-electron chi connectivity index (χ0n) is 13.8. The molecule has 9 nitrogen and oxygen atoms in total. The standard InChI is InChI=1S/C15H24N2O7/c1-3-4-5-24-17(8-18)13-11(15(22)23)6-10(14(20)21)12(13)7-16-9(2)19/h8,10-13H,3-7H2,1-2H3,(H,16,19)(H,20,21)(H,22,23)/t10-,11+,12+,13-/m1/s1.